The number of aliphatic hydroxyl groups is 1. The summed E-state index contributed by atoms with van der Waals surface area (Å²) in [7, 11) is 3.96. The topological polar surface area (TPSA) is 60.9 Å². The fourth-order valence-corrected chi connectivity index (χ4v) is 4.41. The van der Waals surface area contributed by atoms with Gasteiger partial charge in [-0.05, 0) is 36.5 Å². The third-order valence-corrected chi connectivity index (χ3v) is 5.83. The molecule has 1 heterocycles. The number of amides is 1. The first kappa shape index (κ1) is 20.4. The zero-order chi connectivity index (χ0) is 20.4. The summed E-state index contributed by atoms with van der Waals surface area (Å²) in [5, 5.41) is 10.7. The van der Waals surface area contributed by atoms with Crippen molar-refractivity contribution in [3.8, 4) is 0 Å². The number of Topliss-reactive ketones (excluding diaryl/α,β-unsaturated/α-hetero) is 1. The van der Waals surface area contributed by atoms with Crippen LogP contribution in [-0.4, -0.2) is 41.8 Å². The number of benzene rings is 1. The van der Waals surface area contributed by atoms with Gasteiger partial charge in [-0.1, -0.05) is 45.2 Å². The molecule has 2 aliphatic rings. The van der Waals surface area contributed by atoms with E-state index < -0.39 is 6.04 Å². The lowest BCUT2D eigenvalue weighted by molar-refractivity contribution is -0.132. The number of carbonyl (C=O) groups excluding carboxylic acids is 2. The van der Waals surface area contributed by atoms with Crippen molar-refractivity contribution in [3.63, 3.8) is 0 Å². The molecule has 1 atom stereocenters. The Hall–Kier alpha value is -2.30. The van der Waals surface area contributed by atoms with Gasteiger partial charge in [-0.25, -0.2) is 0 Å². The normalized spacial score (nSPS) is 21.0. The molecule has 5 heteroatoms. The molecule has 1 aromatic carbocycles. The fourth-order valence-electron chi connectivity index (χ4n) is 4.41. The van der Waals surface area contributed by atoms with Gasteiger partial charge in [-0.3, -0.25) is 9.59 Å². The van der Waals surface area contributed by atoms with E-state index in [0.29, 0.717) is 6.42 Å². The van der Waals surface area contributed by atoms with Crippen LogP contribution in [0.25, 0.3) is 0 Å². The van der Waals surface area contributed by atoms with Gasteiger partial charge in [0.2, 0.25) is 0 Å². The first-order chi connectivity index (χ1) is 13.3. The van der Waals surface area contributed by atoms with Gasteiger partial charge in [-0.2, -0.15) is 0 Å². The number of hydrogen-bond donors (Lipinski definition) is 1. The molecule has 1 aromatic rings. The Labute approximate surface area is 168 Å². The van der Waals surface area contributed by atoms with E-state index in [1.807, 2.05) is 57.1 Å². The van der Waals surface area contributed by atoms with Gasteiger partial charge in [0.1, 0.15) is 0 Å². The van der Waals surface area contributed by atoms with Crippen molar-refractivity contribution in [2.45, 2.75) is 64.5 Å². The maximum Gasteiger partial charge on any atom is 0.290 e. The summed E-state index contributed by atoms with van der Waals surface area (Å²) in [5.74, 6) is -0.692. The Kier molecular flexibility index (Phi) is 6.11. The van der Waals surface area contributed by atoms with E-state index >= 15 is 0 Å². The summed E-state index contributed by atoms with van der Waals surface area (Å²) < 4.78 is 0. The van der Waals surface area contributed by atoms with Crippen molar-refractivity contribution in [2.24, 2.45) is 5.92 Å². The van der Waals surface area contributed by atoms with Gasteiger partial charge < -0.3 is 14.9 Å². The molecule has 1 aliphatic heterocycles. The van der Waals surface area contributed by atoms with Crippen LogP contribution in [0.5, 0.6) is 0 Å². The van der Waals surface area contributed by atoms with Crippen LogP contribution >= 0.6 is 0 Å². The second-order valence-electron chi connectivity index (χ2n) is 8.68. The lowest BCUT2D eigenvalue weighted by Crippen LogP contribution is -2.41. The zero-order valence-corrected chi connectivity index (χ0v) is 17.4. The highest BCUT2D eigenvalue weighted by atomic mass is 16.3. The number of anilines is 1. The number of rotatable bonds is 6. The van der Waals surface area contributed by atoms with E-state index in [2.05, 4.69) is 0 Å². The number of ketones is 1. The number of carbonyl (C=O) groups is 2. The number of nitrogens with zero attached hydrogens (tertiary/aromatic N) is 2. The van der Waals surface area contributed by atoms with Crippen molar-refractivity contribution in [1.29, 1.82) is 0 Å². The molecular formula is C23H32N2O3. The molecule has 5 nitrogen and oxygen atoms in total. The van der Waals surface area contributed by atoms with Crippen molar-refractivity contribution in [3.05, 3.63) is 41.2 Å². The van der Waals surface area contributed by atoms with E-state index in [4.69, 9.17) is 0 Å². The maximum atomic E-state index is 13.0. The number of aliphatic hydroxyl groups excluding tert-OH is 1. The average Bonchev–Trinajstić information content (AvgIpc) is 2.93. The van der Waals surface area contributed by atoms with E-state index in [1.165, 1.54) is 6.42 Å². The van der Waals surface area contributed by atoms with E-state index in [9.17, 15) is 14.7 Å². The van der Waals surface area contributed by atoms with Crippen LogP contribution in [0.1, 0.15) is 64.0 Å². The quantitative estimate of drug-likeness (QED) is 0.790. The molecule has 1 aliphatic carbocycles. The van der Waals surface area contributed by atoms with Crippen LogP contribution in [0.2, 0.25) is 0 Å². The predicted molar refractivity (Wildman–Crippen MR) is 111 cm³/mol. The third-order valence-electron chi connectivity index (χ3n) is 5.83. The summed E-state index contributed by atoms with van der Waals surface area (Å²) in [6, 6.07) is 7.54. The monoisotopic (exact) mass is 384 g/mol. The zero-order valence-electron chi connectivity index (χ0n) is 17.4. The van der Waals surface area contributed by atoms with Crippen LogP contribution in [0.3, 0.4) is 0 Å². The van der Waals surface area contributed by atoms with Crippen LogP contribution < -0.4 is 4.90 Å². The highest BCUT2D eigenvalue weighted by Crippen LogP contribution is 2.42. The van der Waals surface area contributed by atoms with Gasteiger partial charge in [0.25, 0.3) is 5.91 Å². The second-order valence-corrected chi connectivity index (χ2v) is 8.68. The van der Waals surface area contributed by atoms with E-state index in [0.717, 1.165) is 36.9 Å². The Morgan fingerprint density at radius 1 is 1.14 bits per heavy atom. The first-order valence-electron chi connectivity index (χ1n) is 10.4. The van der Waals surface area contributed by atoms with Crippen molar-refractivity contribution < 1.29 is 14.7 Å². The lowest BCUT2D eigenvalue weighted by atomic mass is 9.89. The first-order valence-corrected chi connectivity index (χ1v) is 10.4. The average molecular weight is 385 g/mol. The highest BCUT2D eigenvalue weighted by molar-refractivity contribution is 6.09. The fraction of sp³-hybridized carbons (Fsp3) is 0.565. The molecule has 152 valence electrons. The van der Waals surface area contributed by atoms with Gasteiger partial charge in [0, 0.05) is 32.2 Å². The van der Waals surface area contributed by atoms with E-state index in [1.54, 1.807) is 4.90 Å². The minimum atomic E-state index is -0.488. The number of hydrogen-bond acceptors (Lipinski definition) is 4. The van der Waals surface area contributed by atoms with Crippen molar-refractivity contribution >= 4 is 17.4 Å². The Balaban J connectivity index is 2.03. The summed E-state index contributed by atoms with van der Waals surface area (Å²) in [5.41, 5.74) is 2.23. The molecule has 0 aromatic heterocycles. The largest absolute Gasteiger partial charge is 0.503 e. The Bertz CT molecular complexity index is 759. The molecule has 0 spiro atoms. The molecule has 0 saturated heterocycles. The smallest absolute Gasteiger partial charge is 0.290 e. The maximum absolute atomic E-state index is 13.0. The minimum absolute atomic E-state index is 0.0753. The molecule has 1 unspecified atom stereocenters. The third kappa shape index (κ3) is 3.94. The summed E-state index contributed by atoms with van der Waals surface area (Å²) in [6.07, 6.45) is 5.53. The van der Waals surface area contributed by atoms with Crippen LogP contribution in [0.4, 0.5) is 5.69 Å². The molecular weight excluding hydrogens is 352 g/mol. The standard InChI is InChI=1S/C23H32N2O3/c1-15(2)14-19(26)20-21(16-10-12-17(13-11-16)24(3)4)25(23(28)22(20)27)18-8-6-5-7-9-18/h10-13,15,18,21,27H,5-9,14H2,1-4H3. The van der Waals surface area contributed by atoms with Gasteiger partial charge in [-0.15, -0.1) is 0 Å². The molecule has 1 fully saturated rings. The molecule has 1 saturated carbocycles. The molecule has 1 amide bonds. The molecule has 1 N–H and O–H groups in total. The summed E-state index contributed by atoms with van der Waals surface area (Å²) >= 11 is 0. The van der Waals surface area contributed by atoms with Crippen LogP contribution in [0.15, 0.2) is 35.6 Å². The van der Waals surface area contributed by atoms with Crippen LogP contribution in [0, 0.1) is 5.92 Å². The van der Waals surface area contributed by atoms with Gasteiger partial charge in [0.15, 0.2) is 11.5 Å². The molecule has 3 rings (SSSR count). The SMILES string of the molecule is CC(C)CC(=O)C1=C(O)C(=O)N(C2CCCCC2)C1c1ccc(N(C)C)cc1. The Morgan fingerprint density at radius 3 is 2.29 bits per heavy atom. The van der Waals surface area contributed by atoms with Crippen molar-refractivity contribution in [2.75, 3.05) is 19.0 Å². The van der Waals surface area contributed by atoms with Crippen LogP contribution in [-0.2, 0) is 9.59 Å². The molecule has 0 radical (unpaired) electrons. The minimum Gasteiger partial charge on any atom is -0.503 e. The molecule has 0 bridgehead atoms. The molecule has 28 heavy (non-hydrogen) atoms. The second kappa shape index (κ2) is 8.38. The Morgan fingerprint density at radius 2 is 1.75 bits per heavy atom. The van der Waals surface area contributed by atoms with Gasteiger partial charge >= 0.3 is 0 Å². The highest BCUT2D eigenvalue weighted by Gasteiger charge is 2.46. The summed E-state index contributed by atoms with van der Waals surface area (Å²) in [4.78, 5) is 29.8. The predicted octanol–water partition coefficient (Wildman–Crippen LogP) is 4.40. The van der Waals surface area contributed by atoms with Gasteiger partial charge in [0.05, 0.1) is 11.6 Å². The lowest BCUT2D eigenvalue weighted by Gasteiger charge is -2.36. The van der Waals surface area contributed by atoms with E-state index in [-0.39, 0.29) is 35.0 Å². The van der Waals surface area contributed by atoms with Crippen molar-refractivity contribution in [1.82, 2.24) is 4.90 Å². The summed E-state index contributed by atoms with van der Waals surface area (Å²) in [6.45, 7) is 3.96.